The van der Waals surface area contributed by atoms with Crippen LogP contribution >= 0.6 is 23.2 Å². The van der Waals surface area contributed by atoms with Gasteiger partial charge >= 0.3 is 0 Å². The number of nitrogens with two attached hydrogens (primary N) is 2. The Morgan fingerprint density at radius 3 is 1.46 bits per heavy atom. The lowest BCUT2D eigenvalue weighted by atomic mass is 10.2. The van der Waals surface area contributed by atoms with Crippen molar-refractivity contribution in [2.24, 2.45) is 10.3 Å². The average molecular weight is 567 g/mol. The van der Waals surface area contributed by atoms with E-state index in [1.165, 1.54) is 36.4 Å². The van der Waals surface area contributed by atoms with Crippen molar-refractivity contribution in [2.75, 3.05) is 26.3 Å². The Hall–Kier alpha value is -2.26. The second kappa shape index (κ2) is 12.6. The summed E-state index contributed by atoms with van der Waals surface area (Å²) in [4.78, 5) is 24.0. The number of primary sulfonamides is 2. The molecule has 0 aliphatic heterocycles. The molecule has 192 valence electrons. The number of hydrogen-bond donors (Lipinski definition) is 4. The molecule has 0 saturated heterocycles. The molecule has 0 spiro atoms. The van der Waals surface area contributed by atoms with Crippen molar-refractivity contribution in [1.82, 2.24) is 10.6 Å². The first-order valence-corrected chi connectivity index (χ1v) is 14.0. The van der Waals surface area contributed by atoms with Crippen molar-refractivity contribution in [2.45, 2.75) is 22.6 Å². The molecule has 0 atom stereocenters. The first-order chi connectivity index (χ1) is 16.3. The number of sulfonamides is 2. The first-order valence-electron chi connectivity index (χ1n) is 10.1. The van der Waals surface area contributed by atoms with Crippen molar-refractivity contribution in [1.29, 1.82) is 0 Å². The molecule has 35 heavy (non-hydrogen) atoms. The minimum atomic E-state index is -4.13. The zero-order chi connectivity index (χ0) is 26.2. The van der Waals surface area contributed by atoms with Crippen molar-refractivity contribution in [3.8, 4) is 0 Å². The minimum Gasteiger partial charge on any atom is -0.381 e. The van der Waals surface area contributed by atoms with Gasteiger partial charge in [0.05, 0.1) is 31.0 Å². The van der Waals surface area contributed by atoms with Crippen LogP contribution in [-0.2, 0) is 24.8 Å². The molecule has 0 bridgehead atoms. The molecular weight excluding hydrogens is 543 g/mol. The Balaban J connectivity index is 1.72. The van der Waals surface area contributed by atoms with Gasteiger partial charge in [0.1, 0.15) is 0 Å². The van der Waals surface area contributed by atoms with Gasteiger partial charge in [-0.2, -0.15) is 0 Å². The summed E-state index contributed by atoms with van der Waals surface area (Å²) < 4.78 is 52.1. The fourth-order valence-corrected chi connectivity index (χ4v) is 5.10. The van der Waals surface area contributed by atoms with E-state index in [-0.39, 0.29) is 57.3 Å². The molecule has 0 aromatic heterocycles. The highest BCUT2D eigenvalue weighted by Crippen LogP contribution is 2.24. The lowest BCUT2D eigenvalue weighted by Gasteiger charge is -2.11. The van der Waals surface area contributed by atoms with Crippen LogP contribution in [0.4, 0.5) is 0 Å². The molecule has 0 heterocycles. The number of carbonyl (C=O) groups excluding carboxylic acids is 2. The van der Waals surface area contributed by atoms with Crippen molar-refractivity contribution >= 4 is 55.1 Å². The van der Waals surface area contributed by atoms with Gasteiger partial charge in [-0.05, 0) is 37.1 Å². The maximum absolute atomic E-state index is 12.3. The van der Waals surface area contributed by atoms with Crippen molar-refractivity contribution < 1.29 is 31.2 Å². The summed E-state index contributed by atoms with van der Waals surface area (Å²) in [6.07, 6.45) is 0.842. The maximum Gasteiger partial charge on any atom is 0.254 e. The second-order valence-electron chi connectivity index (χ2n) is 7.15. The van der Waals surface area contributed by atoms with Gasteiger partial charge < -0.3 is 15.4 Å². The summed E-state index contributed by atoms with van der Waals surface area (Å²) in [6.45, 7) is 0.930. The molecule has 11 nitrogen and oxygen atoms in total. The normalized spacial score (nSPS) is 11.8. The van der Waals surface area contributed by atoms with Gasteiger partial charge in [-0.3, -0.25) is 9.59 Å². The average Bonchev–Trinajstić information content (AvgIpc) is 2.76. The quantitative estimate of drug-likeness (QED) is 0.278. The largest absolute Gasteiger partial charge is 0.381 e. The van der Waals surface area contributed by atoms with E-state index in [0.29, 0.717) is 12.8 Å². The Morgan fingerprint density at radius 1 is 0.743 bits per heavy atom. The molecule has 0 aliphatic rings. The van der Waals surface area contributed by atoms with Crippen LogP contribution in [0.1, 0.15) is 33.6 Å². The van der Waals surface area contributed by atoms with E-state index in [4.69, 9.17) is 38.2 Å². The molecule has 2 amide bonds. The van der Waals surface area contributed by atoms with E-state index < -0.39 is 31.9 Å². The SMILES string of the molecule is NS(=O)(=O)c1cccc(Cl)c1C(=O)NCCCOCCCNC(=O)c1c(Cl)cccc1S(N)(=O)=O. The standard InChI is InChI=1S/C20H24Cl2N4O7S2/c21-13-5-1-7-15(34(23,29)30)17(13)19(27)25-9-3-11-33-12-4-10-26-20(28)18-14(22)6-2-8-16(18)35(24,31)32/h1-2,5-8H,3-4,9-12H2,(H,25,27)(H,26,28)(H2,23,29,30)(H2,24,31,32). The maximum atomic E-state index is 12.3. The van der Waals surface area contributed by atoms with E-state index in [1.54, 1.807) is 0 Å². The van der Waals surface area contributed by atoms with Crippen LogP contribution in [0.3, 0.4) is 0 Å². The summed E-state index contributed by atoms with van der Waals surface area (Å²) in [5, 5.41) is 15.3. The summed E-state index contributed by atoms with van der Waals surface area (Å²) in [7, 11) is -8.26. The molecule has 15 heteroatoms. The molecular formula is C20H24Cl2N4O7S2. The Labute approximate surface area is 213 Å². The Kier molecular flexibility index (Phi) is 10.5. The van der Waals surface area contributed by atoms with Gasteiger partial charge in [0.25, 0.3) is 11.8 Å². The smallest absolute Gasteiger partial charge is 0.254 e. The molecule has 0 unspecified atom stereocenters. The Morgan fingerprint density at radius 2 is 1.11 bits per heavy atom. The third kappa shape index (κ3) is 8.42. The molecule has 0 saturated carbocycles. The first kappa shape index (κ1) is 29.0. The summed E-state index contributed by atoms with van der Waals surface area (Å²) in [5.41, 5.74) is -0.449. The van der Waals surface area contributed by atoms with Crippen molar-refractivity contribution in [3.05, 3.63) is 57.6 Å². The van der Waals surface area contributed by atoms with E-state index in [1.807, 2.05) is 0 Å². The van der Waals surface area contributed by atoms with Crippen LogP contribution in [0.2, 0.25) is 10.0 Å². The molecule has 2 aromatic carbocycles. The van der Waals surface area contributed by atoms with E-state index in [2.05, 4.69) is 10.6 Å². The Bertz CT molecular complexity index is 1200. The predicted molar refractivity (Wildman–Crippen MR) is 130 cm³/mol. The molecule has 0 radical (unpaired) electrons. The zero-order valence-corrected chi connectivity index (χ0v) is 21.4. The highest BCUT2D eigenvalue weighted by Gasteiger charge is 2.23. The number of ether oxygens (including phenoxy) is 1. The number of amides is 2. The highest BCUT2D eigenvalue weighted by atomic mass is 35.5. The number of nitrogens with one attached hydrogen (secondary N) is 2. The summed E-state index contributed by atoms with van der Waals surface area (Å²) in [6, 6.07) is 7.91. The summed E-state index contributed by atoms with van der Waals surface area (Å²) in [5.74, 6) is -1.36. The van der Waals surface area contributed by atoms with Crippen LogP contribution in [0.15, 0.2) is 46.2 Å². The van der Waals surface area contributed by atoms with Crippen molar-refractivity contribution in [3.63, 3.8) is 0 Å². The third-order valence-corrected chi connectivity index (χ3v) is 7.06. The van der Waals surface area contributed by atoms with Gasteiger partial charge in [-0.25, -0.2) is 27.1 Å². The molecule has 0 aliphatic carbocycles. The van der Waals surface area contributed by atoms with Crippen LogP contribution in [0.25, 0.3) is 0 Å². The van der Waals surface area contributed by atoms with Crippen LogP contribution in [-0.4, -0.2) is 55.0 Å². The topological polar surface area (TPSA) is 188 Å². The fourth-order valence-electron chi connectivity index (χ4n) is 2.95. The summed E-state index contributed by atoms with van der Waals surface area (Å²) >= 11 is 11.9. The van der Waals surface area contributed by atoms with E-state index in [9.17, 15) is 26.4 Å². The minimum absolute atomic E-state index is 0.0414. The number of carbonyl (C=O) groups is 2. The fraction of sp³-hybridized carbons (Fsp3) is 0.300. The second-order valence-corrected chi connectivity index (χ2v) is 11.0. The number of hydrogen-bond acceptors (Lipinski definition) is 7. The van der Waals surface area contributed by atoms with Gasteiger partial charge in [0.15, 0.2) is 0 Å². The number of benzene rings is 2. The molecule has 6 N–H and O–H groups in total. The molecule has 0 fully saturated rings. The predicted octanol–water partition coefficient (Wildman–Crippen LogP) is 1.24. The van der Waals surface area contributed by atoms with Crippen LogP contribution in [0.5, 0.6) is 0 Å². The lowest BCUT2D eigenvalue weighted by molar-refractivity contribution is 0.0933. The number of halogens is 2. The zero-order valence-electron chi connectivity index (χ0n) is 18.3. The molecule has 2 rings (SSSR count). The highest BCUT2D eigenvalue weighted by molar-refractivity contribution is 7.89. The lowest BCUT2D eigenvalue weighted by Crippen LogP contribution is -2.29. The number of rotatable bonds is 12. The van der Waals surface area contributed by atoms with Gasteiger partial charge in [-0.15, -0.1) is 0 Å². The van der Waals surface area contributed by atoms with Gasteiger partial charge in [-0.1, -0.05) is 35.3 Å². The van der Waals surface area contributed by atoms with Crippen LogP contribution < -0.4 is 20.9 Å². The monoisotopic (exact) mass is 566 g/mol. The third-order valence-electron chi connectivity index (χ3n) is 4.52. The van der Waals surface area contributed by atoms with Gasteiger partial charge in [0.2, 0.25) is 20.0 Å². The van der Waals surface area contributed by atoms with E-state index in [0.717, 1.165) is 0 Å². The van der Waals surface area contributed by atoms with Gasteiger partial charge in [0, 0.05) is 26.3 Å². The van der Waals surface area contributed by atoms with Crippen LogP contribution in [0, 0.1) is 0 Å². The van der Waals surface area contributed by atoms with E-state index >= 15 is 0 Å². The molecule has 2 aromatic rings.